The van der Waals surface area contributed by atoms with Crippen LogP contribution in [0.4, 0.5) is 18.9 Å². The van der Waals surface area contributed by atoms with Gasteiger partial charge in [-0.2, -0.15) is 13.2 Å². The van der Waals surface area contributed by atoms with Crippen LogP contribution in [0, 0.1) is 22.7 Å². The smallest absolute Gasteiger partial charge is 0.406 e. The number of thiazole rings is 1. The van der Waals surface area contributed by atoms with Gasteiger partial charge in [-0.1, -0.05) is 32.8 Å². The molecule has 4 aromatic rings. The van der Waals surface area contributed by atoms with Crippen LogP contribution in [-0.2, 0) is 48.0 Å². The number of benzene rings is 1. The number of likely N-dealkylation sites (tertiary alicyclic amines) is 2. The summed E-state index contributed by atoms with van der Waals surface area (Å²) in [7, 11) is 3.65. The molecule has 3 saturated carbocycles. The molecule has 448 valence electrons. The zero-order chi connectivity index (χ0) is 57.7. The van der Waals surface area contributed by atoms with E-state index < -0.39 is 48.3 Å². The minimum Gasteiger partial charge on any atom is -0.464 e. The number of aromatic nitrogens is 3. The van der Waals surface area contributed by atoms with Crippen molar-refractivity contribution in [3.05, 3.63) is 52.1 Å². The second-order valence-electron chi connectivity index (χ2n) is 26.8. The van der Waals surface area contributed by atoms with Gasteiger partial charge in [0.2, 0.25) is 11.8 Å². The number of hydrazine groups is 1. The number of anilines is 1. The molecule has 9 aliphatic rings. The molecule has 6 aliphatic heterocycles. The molecular formula is C62H82F3N11O6S. The van der Waals surface area contributed by atoms with E-state index >= 15 is 22.8 Å². The topological polar surface area (TPSA) is 161 Å². The molecule has 8 fully saturated rings. The van der Waals surface area contributed by atoms with Crippen molar-refractivity contribution in [3.63, 3.8) is 0 Å². The number of nitrogens with zero attached hydrogens (tertiary/aromatic N) is 9. The van der Waals surface area contributed by atoms with Gasteiger partial charge in [0.15, 0.2) is 0 Å². The summed E-state index contributed by atoms with van der Waals surface area (Å²) in [6, 6.07) is 6.10. The fourth-order valence-electron chi connectivity index (χ4n) is 15.3. The first kappa shape index (κ1) is 56.9. The number of fused-ring (bicyclic) bond motifs is 6. The maximum Gasteiger partial charge on any atom is 0.406 e. The molecule has 17 nitrogen and oxygen atoms in total. The molecule has 2 N–H and O–H groups in total. The molecule has 83 heavy (non-hydrogen) atoms. The van der Waals surface area contributed by atoms with Crippen molar-refractivity contribution in [1.82, 2.24) is 49.9 Å². The van der Waals surface area contributed by atoms with E-state index in [-0.39, 0.29) is 54.5 Å². The summed E-state index contributed by atoms with van der Waals surface area (Å²) in [6.45, 7) is 11.0. The first-order valence-electron chi connectivity index (χ1n) is 30.8. The number of hydrogen-bond donors (Lipinski definition) is 2. The second-order valence-corrected chi connectivity index (χ2v) is 27.8. The number of alkyl halides is 3. The Bertz CT molecular complexity index is 3130. The van der Waals surface area contributed by atoms with Crippen molar-refractivity contribution >= 4 is 51.6 Å². The maximum absolute atomic E-state index is 15.3. The van der Waals surface area contributed by atoms with E-state index in [1.165, 1.54) is 46.6 Å². The predicted molar refractivity (Wildman–Crippen MR) is 310 cm³/mol. The Morgan fingerprint density at radius 3 is 2.46 bits per heavy atom. The largest absolute Gasteiger partial charge is 0.464 e. The quantitative estimate of drug-likeness (QED) is 0.106. The molecule has 1 spiro atoms. The number of rotatable bonds is 12. The monoisotopic (exact) mass is 1170 g/mol. The van der Waals surface area contributed by atoms with Crippen LogP contribution in [0.3, 0.4) is 0 Å². The fourth-order valence-corrected chi connectivity index (χ4v) is 16.2. The Morgan fingerprint density at radius 2 is 1.72 bits per heavy atom. The molecule has 9 heterocycles. The van der Waals surface area contributed by atoms with Gasteiger partial charge in [-0.05, 0) is 127 Å². The van der Waals surface area contributed by atoms with Crippen molar-refractivity contribution in [2.45, 2.75) is 166 Å². The Hall–Kier alpha value is -5.19. The van der Waals surface area contributed by atoms with Crippen LogP contribution >= 0.6 is 11.3 Å². The standard InChI is InChI=1S/C62H82F3N11O6S/c1-37(81-5)51-44(28-42(31-66-51)72-25-23-71(24-26-72)41-15-16-41)54-45-30-60(2,3)36-82-59(80)46-11-8-20-76(69-46)57(78)47(29-50-67-48(32-83-50)40-14-17-49(43(45)27-40)75(54)35-62(63,64)65)68-56(77)53(38-9-6-7-10-38)73-21-18-61(33-73)19-22-74(34-61)58(79)55-52(70(55)4)39-12-13-39/h14,17,27-28,31-32,37-39,41,46-47,52-53,55,69H,6-13,15-16,18-26,29-30,33-36H2,1-5H3,(H,68,77)/t37-,46-,47-,52+,53-,55+,61-,70?/m0/s1. The molecule has 3 amide bonds. The highest BCUT2D eigenvalue weighted by Gasteiger charge is 2.59. The summed E-state index contributed by atoms with van der Waals surface area (Å²) in [6.07, 6.45) is 8.41. The van der Waals surface area contributed by atoms with E-state index in [2.05, 4.69) is 42.3 Å². The van der Waals surface area contributed by atoms with Crippen molar-refractivity contribution < 1.29 is 41.8 Å². The molecule has 8 atom stereocenters. The minimum atomic E-state index is -4.60. The van der Waals surface area contributed by atoms with Gasteiger partial charge in [-0.3, -0.25) is 43.9 Å². The minimum absolute atomic E-state index is 0.0119. The second kappa shape index (κ2) is 22.3. The number of cyclic esters (lactones) is 1. The van der Waals surface area contributed by atoms with Crippen LogP contribution in [0.1, 0.15) is 120 Å². The summed E-state index contributed by atoms with van der Waals surface area (Å²) in [5.41, 5.74) is 6.92. The van der Waals surface area contributed by atoms with Gasteiger partial charge < -0.3 is 29.2 Å². The van der Waals surface area contributed by atoms with Crippen LogP contribution in [0.5, 0.6) is 0 Å². The maximum atomic E-state index is 15.3. The summed E-state index contributed by atoms with van der Waals surface area (Å²) >= 11 is 1.37. The number of carbonyl (C=O) groups is 4. The van der Waals surface area contributed by atoms with Crippen molar-refractivity contribution in [1.29, 1.82) is 0 Å². The fraction of sp³-hybridized carbons (Fsp3) is 0.677. The number of likely N-dealkylation sites (N-methyl/N-ethyl adjacent to an activating group) is 1. The summed E-state index contributed by atoms with van der Waals surface area (Å²) in [5, 5.41) is 7.88. The number of esters is 1. The molecule has 0 radical (unpaired) electrons. The van der Waals surface area contributed by atoms with Crippen LogP contribution in [0.2, 0.25) is 0 Å². The number of piperazine rings is 1. The van der Waals surface area contributed by atoms with E-state index in [1.807, 2.05) is 50.5 Å². The number of nitrogens with one attached hydrogen (secondary N) is 2. The first-order chi connectivity index (χ1) is 39.8. The number of methoxy groups -OCH3 is 1. The number of carbonyl (C=O) groups excluding carboxylic acids is 4. The average molecular weight is 1170 g/mol. The number of halogens is 3. The van der Waals surface area contributed by atoms with Crippen LogP contribution in [0.15, 0.2) is 35.8 Å². The highest BCUT2D eigenvalue weighted by molar-refractivity contribution is 7.10. The van der Waals surface area contributed by atoms with E-state index in [1.54, 1.807) is 13.2 Å². The van der Waals surface area contributed by atoms with Crippen LogP contribution < -0.4 is 15.6 Å². The van der Waals surface area contributed by atoms with Gasteiger partial charge in [-0.25, -0.2) is 10.4 Å². The van der Waals surface area contributed by atoms with Gasteiger partial charge in [-0.15, -0.1) is 11.3 Å². The van der Waals surface area contributed by atoms with Crippen molar-refractivity contribution in [2.75, 3.05) is 84.6 Å². The number of hydrogen-bond acceptors (Lipinski definition) is 14. The zero-order valence-electron chi connectivity index (χ0n) is 48.9. The molecule has 1 aromatic carbocycles. The summed E-state index contributed by atoms with van der Waals surface area (Å²) in [5.74, 6) is -0.110. The lowest BCUT2D eigenvalue weighted by molar-refractivity contribution is -0.155. The molecule has 3 aromatic heterocycles. The molecule has 5 saturated heterocycles. The zero-order valence-corrected chi connectivity index (χ0v) is 49.7. The number of amides is 3. The Labute approximate surface area is 488 Å². The van der Waals surface area contributed by atoms with Crippen molar-refractivity contribution in [3.8, 4) is 22.5 Å². The van der Waals surface area contributed by atoms with E-state index in [9.17, 15) is 9.59 Å². The van der Waals surface area contributed by atoms with Gasteiger partial charge >= 0.3 is 12.1 Å². The number of ether oxygens (including phenoxy) is 2. The Kier molecular flexibility index (Phi) is 15.3. The highest BCUT2D eigenvalue weighted by atomic mass is 32.1. The van der Waals surface area contributed by atoms with Gasteiger partial charge in [0.25, 0.3) is 5.91 Å². The molecule has 21 heteroatoms. The van der Waals surface area contributed by atoms with E-state index in [0.717, 1.165) is 83.5 Å². The number of pyridine rings is 1. The van der Waals surface area contributed by atoms with E-state index in [0.29, 0.717) is 100 Å². The van der Waals surface area contributed by atoms with Gasteiger partial charge in [0, 0.05) is 116 Å². The highest BCUT2D eigenvalue weighted by Crippen LogP contribution is 2.49. The molecule has 3 aliphatic carbocycles. The third-order valence-electron chi connectivity index (χ3n) is 20.2. The lowest BCUT2D eigenvalue weighted by Gasteiger charge is -2.37. The van der Waals surface area contributed by atoms with Gasteiger partial charge in [0.1, 0.15) is 24.7 Å². The van der Waals surface area contributed by atoms with Gasteiger partial charge in [0.05, 0.1) is 52.7 Å². The van der Waals surface area contributed by atoms with Crippen molar-refractivity contribution in [2.24, 2.45) is 22.7 Å². The molecular weight excluding hydrogens is 1080 g/mol. The molecule has 13 rings (SSSR count). The van der Waals surface area contributed by atoms with Crippen LogP contribution in [-0.4, -0.2) is 185 Å². The lowest BCUT2D eigenvalue weighted by atomic mass is 9.84. The first-order valence-corrected chi connectivity index (χ1v) is 31.7. The third-order valence-corrected chi connectivity index (χ3v) is 21.1. The Balaban J connectivity index is 0.838. The average Bonchev–Trinajstić information content (AvgIpc) is 3.79. The lowest BCUT2D eigenvalue weighted by Crippen LogP contribution is -2.62. The Morgan fingerprint density at radius 1 is 0.952 bits per heavy atom. The normalized spacial score (nSPS) is 29.2. The third kappa shape index (κ3) is 11.6. The predicted octanol–water partition coefficient (Wildman–Crippen LogP) is 7.61. The molecule has 6 bridgehead atoms. The molecule has 1 unspecified atom stereocenters. The SMILES string of the molecule is CO[C@@H](C)c1ncc(N2CCN(C3CC3)CC2)cc1-c1c2c3cc(ccc3n1CC(F)(F)F)-c1csc(n1)C[C@H](NC(=O)[C@H](C1CCCC1)N1CC[C@]3(CCN(C(=O)[C@H]4[C@@H](C5CC5)N4C)C3)C1)C(=O)N1CCC[C@H](N1)C(=O)OCC(C)(C)C2. The summed E-state index contributed by atoms with van der Waals surface area (Å²) < 4.78 is 59.1. The summed E-state index contributed by atoms with van der Waals surface area (Å²) in [4.78, 5) is 80.1. The van der Waals surface area contributed by atoms with Crippen LogP contribution in [0.25, 0.3) is 33.4 Å². The van der Waals surface area contributed by atoms with E-state index in [4.69, 9.17) is 19.4 Å².